The van der Waals surface area contributed by atoms with Gasteiger partial charge in [0.25, 0.3) is 0 Å². The van der Waals surface area contributed by atoms with Gasteiger partial charge >= 0.3 is 0 Å². The van der Waals surface area contributed by atoms with E-state index in [0.717, 1.165) is 38.8 Å². The topological polar surface area (TPSA) is 41.1 Å². The molecule has 0 spiro atoms. The van der Waals surface area contributed by atoms with Crippen LogP contribution in [0.3, 0.4) is 0 Å². The number of carbonyl (C=O) groups is 1. The van der Waals surface area contributed by atoms with E-state index in [2.05, 4.69) is 43.5 Å². The minimum atomic E-state index is -0.172. The summed E-state index contributed by atoms with van der Waals surface area (Å²) in [6.07, 6.45) is 3.95. The van der Waals surface area contributed by atoms with Gasteiger partial charge in [-0.25, -0.2) is 0 Å². The predicted molar refractivity (Wildman–Crippen MR) is 85.2 cm³/mol. The maximum atomic E-state index is 12.6. The summed E-state index contributed by atoms with van der Waals surface area (Å²) in [4.78, 5) is 15.3. The van der Waals surface area contributed by atoms with Gasteiger partial charge in [0.05, 0.1) is 5.41 Å². The van der Waals surface area contributed by atoms with Crippen molar-refractivity contribution < 1.29 is 4.79 Å². The van der Waals surface area contributed by atoms with Crippen LogP contribution >= 0.6 is 11.3 Å². The summed E-state index contributed by atoms with van der Waals surface area (Å²) in [5.41, 5.74) is -0.172. The van der Waals surface area contributed by atoms with Crippen molar-refractivity contribution in [2.24, 2.45) is 5.41 Å². The standard InChI is InChI=1S/C16H26N2OS/c1-4-7-16(8-9-17-11-16)15(19)18-12(2)10-14-6-5-13(3)20-14/h5-6,12,17H,4,7-11H2,1-3H3,(H,18,19). The number of hydrogen-bond donors (Lipinski definition) is 2. The van der Waals surface area contributed by atoms with Gasteiger partial charge in [-0.2, -0.15) is 0 Å². The van der Waals surface area contributed by atoms with Crippen molar-refractivity contribution in [2.75, 3.05) is 13.1 Å². The zero-order chi connectivity index (χ0) is 14.6. The molecule has 0 aromatic carbocycles. The fraction of sp³-hybridized carbons (Fsp3) is 0.688. The van der Waals surface area contributed by atoms with E-state index >= 15 is 0 Å². The lowest BCUT2D eigenvalue weighted by atomic mass is 9.81. The van der Waals surface area contributed by atoms with Crippen molar-refractivity contribution in [2.45, 2.75) is 52.5 Å². The molecule has 0 bridgehead atoms. The maximum Gasteiger partial charge on any atom is 0.227 e. The number of thiophene rings is 1. The maximum absolute atomic E-state index is 12.6. The highest BCUT2D eigenvalue weighted by Gasteiger charge is 2.40. The highest BCUT2D eigenvalue weighted by atomic mass is 32.1. The lowest BCUT2D eigenvalue weighted by Crippen LogP contribution is -2.46. The molecule has 112 valence electrons. The molecule has 1 fully saturated rings. The molecule has 1 aromatic heterocycles. The highest BCUT2D eigenvalue weighted by molar-refractivity contribution is 7.11. The summed E-state index contributed by atoms with van der Waals surface area (Å²) in [7, 11) is 0. The SMILES string of the molecule is CCCC1(C(=O)NC(C)Cc2ccc(C)s2)CCNC1. The van der Waals surface area contributed by atoms with E-state index in [9.17, 15) is 4.79 Å². The first-order valence-electron chi connectivity index (χ1n) is 7.63. The second kappa shape index (κ2) is 6.72. The molecular weight excluding hydrogens is 268 g/mol. The van der Waals surface area contributed by atoms with Gasteiger partial charge in [-0.05, 0) is 45.4 Å². The second-order valence-electron chi connectivity index (χ2n) is 6.05. The molecule has 0 aliphatic carbocycles. The third-order valence-corrected chi connectivity index (χ3v) is 5.16. The molecule has 1 amide bonds. The summed E-state index contributed by atoms with van der Waals surface area (Å²) in [6.45, 7) is 8.18. The Morgan fingerprint density at radius 1 is 1.55 bits per heavy atom. The van der Waals surface area contributed by atoms with Gasteiger partial charge in [0, 0.05) is 28.8 Å². The predicted octanol–water partition coefficient (Wildman–Crippen LogP) is 2.88. The molecule has 1 saturated heterocycles. The molecule has 2 atom stereocenters. The molecule has 1 aliphatic heterocycles. The lowest BCUT2D eigenvalue weighted by molar-refractivity contribution is -0.131. The summed E-state index contributed by atoms with van der Waals surface area (Å²) in [6, 6.07) is 4.52. The van der Waals surface area contributed by atoms with Crippen LogP contribution in [0.5, 0.6) is 0 Å². The first-order chi connectivity index (χ1) is 9.55. The van der Waals surface area contributed by atoms with Crippen LogP contribution in [0, 0.1) is 12.3 Å². The Morgan fingerprint density at radius 2 is 2.35 bits per heavy atom. The van der Waals surface area contributed by atoms with E-state index in [0.29, 0.717) is 0 Å². The quantitative estimate of drug-likeness (QED) is 0.847. The molecule has 0 radical (unpaired) electrons. The monoisotopic (exact) mass is 294 g/mol. The van der Waals surface area contributed by atoms with E-state index in [1.165, 1.54) is 9.75 Å². The molecule has 2 N–H and O–H groups in total. The van der Waals surface area contributed by atoms with Crippen LogP contribution in [-0.4, -0.2) is 25.0 Å². The van der Waals surface area contributed by atoms with Crippen molar-refractivity contribution in [3.05, 3.63) is 21.9 Å². The van der Waals surface area contributed by atoms with E-state index in [4.69, 9.17) is 0 Å². The molecule has 1 aliphatic rings. The van der Waals surface area contributed by atoms with E-state index < -0.39 is 0 Å². The van der Waals surface area contributed by atoms with Crippen LogP contribution in [-0.2, 0) is 11.2 Å². The van der Waals surface area contributed by atoms with Gasteiger partial charge in [0.2, 0.25) is 5.91 Å². The fourth-order valence-corrected chi connectivity index (χ4v) is 4.09. The molecule has 0 saturated carbocycles. The Balaban J connectivity index is 1.92. The van der Waals surface area contributed by atoms with Crippen molar-refractivity contribution >= 4 is 17.2 Å². The summed E-state index contributed by atoms with van der Waals surface area (Å²) >= 11 is 1.82. The zero-order valence-corrected chi connectivity index (χ0v) is 13.6. The lowest BCUT2D eigenvalue weighted by Gasteiger charge is -2.28. The second-order valence-corrected chi connectivity index (χ2v) is 7.42. The Hall–Kier alpha value is -0.870. The number of carbonyl (C=O) groups excluding carboxylic acids is 1. The first-order valence-corrected chi connectivity index (χ1v) is 8.44. The van der Waals surface area contributed by atoms with Crippen molar-refractivity contribution in [3.8, 4) is 0 Å². The molecule has 2 rings (SSSR count). The van der Waals surface area contributed by atoms with Crippen LogP contribution in [0.4, 0.5) is 0 Å². The highest BCUT2D eigenvalue weighted by Crippen LogP contribution is 2.31. The Morgan fingerprint density at radius 3 is 2.90 bits per heavy atom. The van der Waals surface area contributed by atoms with Gasteiger partial charge in [-0.1, -0.05) is 13.3 Å². The molecule has 1 aromatic rings. The average Bonchev–Trinajstić information content (AvgIpc) is 3.00. The molecule has 2 heterocycles. The number of nitrogens with one attached hydrogen (secondary N) is 2. The summed E-state index contributed by atoms with van der Waals surface area (Å²) in [5, 5.41) is 6.58. The normalized spacial score (nSPS) is 23.8. The minimum Gasteiger partial charge on any atom is -0.353 e. The van der Waals surface area contributed by atoms with Gasteiger partial charge < -0.3 is 10.6 Å². The fourth-order valence-electron chi connectivity index (χ4n) is 3.07. The van der Waals surface area contributed by atoms with Gasteiger partial charge in [-0.15, -0.1) is 11.3 Å². The van der Waals surface area contributed by atoms with Crippen molar-refractivity contribution in [1.82, 2.24) is 10.6 Å². The summed E-state index contributed by atoms with van der Waals surface area (Å²) in [5.74, 6) is 0.241. The Kier molecular flexibility index (Phi) is 5.22. The van der Waals surface area contributed by atoms with Gasteiger partial charge in [0.1, 0.15) is 0 Å². The van der Waals surface area contributed by atoms with Crippen molar-refractivity contribution in [1.29, 1.82) is 0 Å². The first kappa shape index (κ1) is 15.5. The van der Waals surface area contributed by atoms with Gasteiger partial charge in [-0.3, -0.25) is 4.79 Å². The molecular formula is C16H26N2OS. The minimum absolute atomic E-state index is 0.172. The van der Waals surface area contributed by atoms with Crippen molar-refractivity contribution in [3.63, 3.8) is 0 Å². The van der Waals surface area contributed by atoms with E-state index in [-0.39, 0.29) is 17.4 Å². The number of amides is 1. The number of aryl methyl sites for hydroxylation is 1. The van der Waals surface area contributed by atoms with Crippen LogP contribution in [0.1, 0.15) is 42.9 Å². The third-order valence-electron chi connectivity index (χ3n) is 4.13. The molecule has 20 heavy (non-hydrogen) atoms. The van der Waals surface area contributed by atoms with Crippen LogP contribution in [0.25, 0.3) is 0 Å². The summed E-state index contributed by atoms with van der Waals surface area (Å²) < 4.78 is 0. The Labute approximate surface area is 126 Å². The largest absolute Gasteiger partial charge is 0.353 e. The van der Waals surface area contributed by atoms with Crippen LogP contribution in [0.2, 0.25) is 0 Å². The van der Waals surface area contributed by atoms with E-state index in [1.54, 1.807) is 0 Å². The molecule has 2 unspecified atom stereocenters. The number of hydrogen-bond acceptors (Lipinski definition) is 3. The molecule has 4 heteroatoms. The smallest absolute Gasteiger partial charge is 0.227 e. The van der Waals surface area contributed by atoms with Gasteiger partial charge in [0.15, 0.2) is 0 Å². The van der Waals surface area contributed by atoms with E-state index in [1.807, 2.05) is 11.3 Å². The average molecular weight is 294 g/mol. The zero-order valence-electron chi connectivity index (χ0n) is 12.8. The van der Waals surface area contributed by atoms with Crippen LogP contribution in [0.15, 0.2) is 12.1 Å². The van der Waals surface area contributed by atoms with Crippen LogP contribution < -0.4 is 10.6 Å². The number of rotatable bonds is 6. The molecule has 3 nitrogen and oxygen atoms in total. The third kappa shape index (κ3) is 3.61. The Bertz CT molecular complexity index is 449.